The van der Waals surface area contributed by atoms with Crippen LogP contribution < -0.4 is 15.9 Å². The minimum Gasteiger partial charge on any atom is -0.369 e. The number of nitrogens with one attached hydrogen (secondary N) is 1. The Bertz CT molecular complexity index is 1030. The van der Waals surface area contributed by atoms with E-state index in [2.05, 4.69) is 121 Å². The van der Waals surface area contributed by atoms with Gasteiger partial charge in [-0.2, -0.15) is 0 Å². The van der Waals surface area contributed by atoms with E-state index in [-0.39, 0.29) is 0 Å². The molecule has 0 saturated heterocycles. The van der Waals surface area contributed by atoms with Crippen molar-refractivity contribution in [3.8, 4) is 0 Å². The monoisotopic (exact) mass is 422 g/mol. The zero-order chi connectivity index (χ0) is 21.1. The second kappa shape index (κ2) is 11.2. The average Bonchev–Trinajstić information content (AvgIpc) is 2.85. The first kappa shape index (κ1) is 21.0. The SMILES string of the molecule is c1ccc(CCN/C(=N/Cc2ccccc2)P(c2ccccc2)c2ccccc2)cc1. The molecule has 0 aliphatic heterocycles. The van der Waals surface area contributed by atoms with Crippen LogP contribution in [-0.2, 0) is 13.0 Å². The maximum atomic E-state index is 5.11. The summed E-state index contributed by atoms with van der Waals surface area (Å²) in [6, 6.07) is 42.6. The van der Waals surface area contributed by atoms with Crippen molar-refractivity contribution in [3.05, 3.63) is 132 Å². The van der Waals surface area contributed by atoms with Crippen LogP contribution in [-0.4, -0.2) is 12.1 Å². The van der Waals surface area contributed by atoms with Crippen molar-refractivity contribution in [2.75, 3.05) is 6.54 Å². The molecule has 0 bridgehead atoms. The Morgan fingerprint density at radius 2 is 1.03 bits per heavy atom. The molecule has 0 spiro atoms. The first-order chi connectivity index (χ1) is 15.4. The van der Waals surface area contributed by atoms with E-state index in [1.165, 1.54) is 21.7 Å². The molecular formula is C28H27N2P. The molecule has 0 fully saturated rings. The van der Waals surface area contributed by atoms with Crippen molar-refractivity contribution in [1.82, 2.24) is 5.32 Å². The third kappa shape index (κ3) is 6.13. The topological polar surface area (TPSA) is 24.4 Å². The van der Waals surface area contributed by atoms with Crippen molar-refractivity contribution >= 4 is 24.1 Å². The number of nitrogens with zero attached hydrogens (tertiary/aromatic N) is 1. The van der Waals surface area contributed by atoms with Crippen LogP contribution in [0.4, 0.5) is 0 Å². The molecule has 31 heavy (non-hydrogen) atoms. The summed E-state index contributed by atoms with van der Waals surface area (Å²) < 4.78 is 0. The van der Waals surface area contributed by atoms with Gasteiger partial charge in [-0.3, -0.25) is 4.99 Å². The molecule has 2 nitrogen and oxygen atoms in total. The molecule has 0 aromatic heterocycles. The Morgan fingerprint density at radius 1 is 0.581 bits per heavy atom. The van der Waals surface area contributed by atoms with E-state index in [4.69, 9.17) is 4.99 Å². The van der Waals surface area contributed by atoms with Gasteiger partial charge in [-0.15, -0.1) is 0 Å². The summed E-state index contributed by atoms with van der Waals surface area (Å²) in [6.45, 7) is 1.53. The second-order valence-electron chi connectivity index (χ2n) is 7.29. The van der Waals surface area contributed by atoms with Gasteiger partial charge in [0.15, 0.2) is 0 Å². The van der Waals surface area contributed by atoms with Gasteiger partial charge in [0.25, 0.3) is 0 Å². The molecule has 1 N–H and O–H groups in total. The van der Waals surface area contributed by atoms with E-state index in [9.17, 15) is 0 Å². The molecule has 4 aromatic rings. The van der Waals surface area contributed by atoms with Crippen LogP contribution in [0.5, 0.6) is 0 Å². The normalized spacial score (nSPS) is 11.5. The molecule has 0 atom stereocenters. The molecule has 154 valence electrons. The highest BCUT2D eigenvalue weighted by molar-refractivity contribution is 7.87. The maximum Gasteiger partial charge on any atom is 0.129 e. The van der Waals surface area contributed by atoms with Crippen molar-refractivity contribution in [2.45, 2.75) is 13.0 Å². The fraction of sp³-hybridized carbons (Fsp3) is 0.107. The number of rotatable bonds is 8. The molecule has 0 aliphatic rings. The zero-order valence-corrected chi connectivity index (χ0v) is 18.5. The van der Waals surface area contributed by atoms with Gasteiger partial charge in [-0.1, -0.05) is 121 Å². The van der Waals surface area contributed by atoms with E-state index in [1.54, 1.807) is 0 Å². The largest absolute Gasteiger partial charge is 0.369 e. The molecule has 0 heterocycles. The molecular weight excluding hydrogens is 395 g/mol. The third-order valence-corrected chi connectivity index (χ3v) is 7.39. The van der Waals surface area contributed by atoms with E-state index in [0.717, 1.165) is 18.5 Å². The van der Waals surface area contributed by atoms with Crippen LogP contribution in [0.1, 0.15) is 11.1 Å². The molecule has 4 rings (SSSR count). The Balaban J connectivity index is 1.64. The van der Waals surface area contributed by atoms with Crippen LogP contribution >= 0.6 is 7.92 Å². The van der Waals surface area contributed by atoms with Crippen LogP contribution in [0.3, 0.4) is 0 Å². The molecule has 0 aliphatic carbocycles. The van der Waals surface area contributed by atoms with Crippen LogP contribution in [0, 0.1) is 0 Å². The van der Waals surface area contributed by atoms with E-state index >= 15 is 0 Å². The highest BCUT2D eigenvalue weighted by Gasteiger charge is 2.20. The lowest BCUT2D eigenvalue weighted by atomic mass is 10.1. The zero-order valence-electron chi connectivity index (χ0n) is 17.6. The second-order valence-corrected chi connectivity index (χ2v) is 9.42. The van der Waals surface area contributed by atoms with Crippen molar-refractivity contribution in [1.29, 1.82) is 0 Å². The van der Waals surface area contributed by atoms with Crippen LogP contribution in [0.2, 0.25) is 0 Å². The summed E-state index contributed by atoms with van der Waals surface area (Å²) in [6.07, 6.45) is 0.970. The molecule has 0 radical (unpaired) electrons. The van der Waals surface area contributed by atoms with Gasteiger partial charge >= 0.3 is 0 Å². The number of amidine groups is 1. The summed E-state index contributed by atoms with van der Waals surface area (Å²) in [5.74, 6) is 0. The maximum absolute atomic E-state index is 5.11. The van der Waals surface area contributed by atoms with Crippen LogP contribution in [0.25, 0.3) is 0 Å². The number of benzene rings is 4. The highest BCUT2D eigenvalue weighted by Crippen LogP contribution is 2.34. The van der Waals surface area contributed by atoms with E-state index in [1.807, 2.05) is 6.07 Å². The number of hydrogen-bond acceptors (Lipinski definition) is 1. The van der Waals surface area contributed by atoms with Gasteiger partial charge in [0, 0.05) is 14.5 Å². The smallest absolute Gasteiger partial charge is 0.129 e. The van der Waals surface area contributed by atoms with E-state index in [0.29, 0.717) is 6.54 Å². The predicted molar refractivity (Wildman–Crippen MR) is 135 cm³/mol. The Hall–Kier alpha value is -3.22. The van der Waals surface area contributed by atoms with Crippen molar-refractivity contribution in [2.24, 2.45) is 4.99 Å². The summed E-state index contributed by atoms with van der Waals surface area (Å²) in [7, 11) is -0.752. The summed E-state index contributed by atoms with van der Waals surface area (Å²) >= 11 is 0. The van der Waals surface area contributed by atoms with E-state index < -0.39 is 7.92 Å². The highest BCUT2D eigenvalue weighted by atomic mass is 31.1. The molecule has 4 aromatic carbocycles. The Labute approximate surface area is 186 Å². The predicted octanol–water partition coefficient (Wildman–Crippen LogP) is 5.51. The fourth-order valence-corrected chi connectivity index (χ4v) is 5.68. The summed E-state index contributed by atoms with van der Waals surface area (Å²) in [5.41, 5.74) is 3.63. The summed E-state index contributed by atoms with van der Waals surface area (Å²) in [4.78, 5) is 5.11. The lowest BCUT2D eigenvalue weighted by Gasteiger charge is -2.22. The van der Waals surface area contributed by atoms with Gasteiger partial charge in [0.1, 0.15) is 5.58 Å². The molecule has 0 amide bonds. The Morgan fingerprint density at radius 3 is 1.55 bits per heavy atom. The van der Waals surface area contributed by atoms with Crippen LogP contribution in [0.15, 0.2) is 126 Å². The van der Waals surface area contributed by atoms with Crippen molar-refractivity contribution < 1.29 is 0 Å². The minimum atomic E-state index is -0.752. The molecule has 0 saturated carbocycles. The fourth-order valence-electron chi connectivity index (χ4n) is 3.47. The first-order valence-corrected chi connectivity index (χ1v) is 12.0. The Kier molecular flexibility index (Phi) is 7.63. The minimum absolute atomic E-state index is 0.674. The molecule has 0 unspecified atom stereocenters. The third-order valence-electron chi connectivity index (χ3n) is 5.03. The lowest BCUT2D eigenvalue weighted by Crippen LogP contribution is -2.31. The summed E-state index contributed by atoms with van der Waals surface area (Å²) in [5, 5.41) is 6.33. The van der Waals surface area contributed by atoms with Gasteiger partial charge in [0.05, 0.1) is 6.54 Å². The van der Waals surface area contributed by atoms with Gasteiger partial charge in [-0.05, 0) is 28.2 Å². The van der Waals surface area contributed by atoms with Gasteiger partial charge in [-0.25, -0.2) is 0 Å². The molecule has 3 heteroatoms. The quantitative estimate of drug-likeness (QED) is 0.226. The average molecular weight is 423 g/mol. The first-order valence-electron chi connectivity index (χ1n) is 10.7. The van der Waals surface area contributed by atoms with Gasteiger partial charge < -0.3 is 5.32 Å². The number of hydrogen-bond donors (Lipinski definition) is 1. The van der Waals surface area contributed by atoms with Gasteiger partial charge in [0.2, 0.25) is 0 Å². The lowest BCUT2D eigenvalue weighted by molar-refractivity contribution is 0.865. The standard InChI is InChI=1S/C28H27N2P/c1-5-13-24(14-6-1)21-22-29-28(30-23-25-15-7-2-8-16-25)31(26-17-9-3-10-18-26)27-19-11-4-12-20-27/h1-20H,21-23H2,(H,29,30). The number of aliphatic imine (C=N–C) groups is 1. The van der Waals surface area contributed by atoms with Crippen molar-refractivity contribution in [3.63, 3.8) is 0 Å².